The van der Waals surface area contributed by atoms with Gasteiger partial charge in [-0.2, -0.15) is 0 Å². The zero-order valence-electron chi connectivity index (χ0n) is 17.9. The van der Waals surface area contributed by atoms with Crippen LogP contribution in [0.1, 0.15) is 28.2 Å². The largest absolute Gasteiger partial charge is 0.504 e. The number of carbonyl (C=O) groups excluding carboxylic acids is 1. The zero-order chi connectivity index (χ0) is 24.4. The van der Waals surface area contributed by atoms with Gasteiger partial charge in [0.25, 0.3) is 0 Å². The number of nitrogens with zero attached hydrogens (tertiary/aromatic N) is 2. The van der Waals surface area contributed by atoms with E-state index in [9.17, 15) is 35.4 Å². The van der Waals surface area contributed by atoms with Gasteiger partial charge in [-0.25, -0.2) is 4.98 Å². The van der Waals surface area contributed by atoms with Crippen molar-refractivity contribution in [2.45, 2.75) is 19.4 Å². The molecule has 0 atom stereocenters. The lowest BCUT2D eigenvalue weighted by Crippen LogP contribution is -2.12. The molecule has 1 heterocycles. The summed E-state index contributed by atoms with van der Waals surface area (Å²) in [5.74, 6) is -2.19. The van der Waals surface area contributed by atoms with Crippen molar-refractivity contribution >= 4 is 5.78 Å². The number of rotatable bonds is 7. The molecule has 0 amide bonds. The van der Waals surface area contributed by atoms with Crippen LogP contribution in [0.4, 0.5) is 0 Å². The van der Waals surface area contributed by atoms with Crippen LogP contribution >= 0.6 is 0 Å². The van der Waals surface area contributed by atoms with Crippen molar-refractivity contribution in [1.82, 2.24) is 9.55 Å². The van der Waals surface area contributed by atoms with Crippen LogP contribution < -0.4 is 0 Å². The quantitative estimate of drug-likeness (QED) is 0.180. The molecular formula is C25H22N2O7. The highest BCUT2D eigenvalue weighted by Gasteiger charge is 2.20. The summed E-state index contributed by atoms with van der Waals surface area (Å²) in [6.45, 7) is 0.379. The van der Waals surface area contributed by atoms with Gasteiger partial charge >= 0.3 is 0 Å². The molecule has 4 rings (SSSR count). The van der Waals surface area contributed by atoms with E-state index >= 15 is 0 Å². The summed E-state index contributed by atoms with van der Waals surface area (Å²) in [6.07, 6.45) is 2.77. The van der Waals surface area contributed by atoms with Gasteiger partial charge in [-0.1, -0.05) is 6.07 Å². The molecule has 0 spiro atoms. The third kappa shape index (κ3) is 4.58. The van der Waals surface area contributed by atoms with E-state index in [-0.39, 0.29) is 40.1 Å². The van der Waals surface area contributed by atoms with Gasteiger partial charge in [0.2, 0.25) is 5.78 Å². The normalized spacial score (nSPS) is 10.9. The minimum atomic E-state index is -0.480. The molecule has 0 radical (unpaired) electrons. The van der Waals surface area contributed by atoms with E-state index in [4.69, 9.17) is 0 Å². The fourth-order valence-corrected chi connectivity index (χ4v) is 3.56. The highest BCUT2D eigenvalue weighted by atomic mass is 16.3. The van der Waals surface area contributed by atoms with Crippen LogP contribution in [-0.2, 0) is 13.0 Å². The molecule has 0 saturated heterocycles. The first kappa shape index (κ1) is 22.5. The highest BCUT2D eigenvalue weighted by Crippen LogP contribution is 2.31. The van der Waals surface area contributed by atoms with E-state index in [1.54, 1.807) is 22.9 Å². The average molecular weight is 462 g/mol. The Balaban J connectivity index is 1.65. The van der Waals surface area contributed by atoms with Crippen molar-refractivity contribution < 1.29 is 35.4 Å². The Kier molecular flexibility index (Phi) is 6.01. The van der Waals surface area contributed by atoms with Crippen molar-refractivity contribution in [2.24, 2.45) is 0 Å². The molecule has 0 aliphatic rings. The molecule has 0 unspecified atom stereocenters. The molecule has 9 heteroatoms. The average Bonchev–Trinajstić information content (AvgIpc) is 3.23. The van der Waals surface area contributed by atoms with Gasteiger partial charge in [0.1, 0.15) is 0 Å². The summed E-state index contributed by atoms with van der Waals surface area (Å²) >= 11 is 0. The third-order valence-electron chi connectivity index (χ3n) is 5.39. The number of imidazole rings is 1. The lowest BCUT2D eigenvalue weighted by Gasteiger charge is -2.08. The van der Waals surface area contributed by atoms with E-state index in [0.29, 0.717) is 30.6 Å². The Morgan fingerprint density at radius 2 is 1.35 bits per heavy atom. The van der Waals surface area contributed by atoms with Crippen LogP contribution in [0, 0.1) is 0 Å². The topological polar surface area (TPSA) is 156 Å². The Morgan fingerprint density at radius 3 is 2.00 bits per heavy atom. The molecule has 3 aromatic carbocycles. The van der Waals surface area contributed by atoms with Gasteiger partial charge in [-0.15, -0.1) is 0 Å². The van der Waals surface area contributed by atoms with Crippen LogP contribution in [0.5, 0.6) is 34.5 Å². The number of hydrogen-bond acceptors (Lipinski definition) is 8. The lowest BCUT2D eigenvalue weighted by atomic mass is 10.1. The number of carbonyl (C=O) groups is 1. The van der Waals surface area contributed by atoms with E-state index in [1.165, 1.54) is 36.4 Å². The second kappa shape index (κ2) is 9.07. The maximum atomic E-state index is 13.2. The Bertz CT molecular complexity index is 1380. The fourth-order valence-electron chi connectivity index (χ4n) is 3.56. The smallest absolute Gasteiger partial charge is 0.228 e. The molecule has 4 aromatic rings. The molecule has 0 aliphatic heterocycles. The van der Waals surface area contributed by atoms with Gasteiger partial charge < -0.3 is 35.2 Å². The van der Waals surface area contributed by atoms with Gasteiger partial charge in [-0.05, 0) is 66.9 Å². The summed E-state index contributed by atoms with van der Waals surface area (Å²) < 4.78 is 1.64. The number of phenols is 6. The van der Waals surface area contributed by atoms with Crippen molar-refractivity contribution in [3.63, 3.8) is 0 Å². The number of ketones is 1. The molecule has 174 valence electrons. The predicted molar refractivity (Wildman–Crippen MR) is 122 cm³/mol. The Labute approximate surface area is 194 Å². The lowest BCUT2D eigenvalue weighted by molar-refractivity contribution is 0.102. The minimum absolute atomic E-state index is 0.0845. The van der Waals surface area contributed by atoms with Crippen molar-refractivity contribution in [3.05, 3.63) is 77.7 Å². The maximum Gasteiger partial charge on any atom is 0.228 e. The molecule has 0 bridgehead atoms. The predicted octanol–water partition coefficient (Wildman–Crippen LogP) is 3.65. The first-order valence-electron chi connectivity index (χ1n) is 10.4. The summed E-state index contributed by atoms with van der Waals surface area (Å²) in [4.78, 5) is 17.6. The number of phenolic OH excluding ortho intramolecular Hbond substituents is 6. The van der Waals surface area contributed by atoms with Crippen LogP contribution in [0.25, 0.3) is 11.3 Å². The van der Waals surface area contributed by atoms with Crippen LogP contribution in [-0.4, -0.2) is 46.0 Å². The molecule has 0 fully saturated rings. The summed E-state index contributed by atoms with van der Waals surface area (Å²) in [7, 11) is 0. The van der Waals surface area contributed by atoms with Crippen LogP contribution in [0.15, 0.2) is 60.8 Å². The van der Waals surface area contributed by atoms with Crippen LogP contribution in [0.2, 0.25) is 0 Å². The molecule has 0 saturated carbocycles. The van der Waals surface area contributed by atoms with Gasteiger partial charge in [0.15, 0.2) is 40.3 Å². The first-order valence-corrected chi connectivity index (χ1v) is 10.4. The number of hydrogen-bond donors (Lipinski definition) is 6. The summed E-state index contributed by atoms with van der Waals surface area (Å²) in [6, 6.07) is 12.5. The van der Waals surface area contributed by atoms with Crippen molar-refractivity contribution in [1.29, 1.82) is 0 Å². The molecule has 0 aliphatic carbocycles. The number of aromatic nitrogens is 2. The van der Waals surface area contributed by atoms with Gasteiger partial charge in [-0.3, -0.25) is 4.79 Å². The summed E-state index contributed by atoms with van der Waals surface area (Å²) in [5, 5.41) is 57.9. The van der Waals surface area contributed by atoms with Crippen molar-refractivity contribution in [3.8, 4) is 45.8 Å². The van der Waals surface area contributed by atoms with Crippen LogP contribution in [0.3, 0.4) is 0 Å². The maximum absolute atomic E-state index is 13.2. The Morgan fingerprint density at radius 1 is 0.735 bits per heavy atom. The second-order valence-electron chi connectivity index (χ2n) is 7.81. The molecule has 6 N–H and O–H groups in total. The monoisotopic (exact) mass is 462 g/mol. The number of aromatic hydroxyl groups is 6. The second-order valence-corrected chi connectivity index (χ2v) is 7.81. The molecule has 1 aromatic heterocycles. The van der Waals surface area contributed by atoms with Gasteiger partial charge in [0.05, 0.1) is 5.69 Å². The third-order valence-corrected chi connectivity index (χ3v) is 5.39. The fraction of sp³-hybridized carbons (Fsp3) is 0.120. The number of aryl methyl sites for hydroxylation is 2. The van der Waals surface area contributed by atoms with E-state index in [1.807, 2.05) is 0 Å². The molecule has 9 nitrogen and oxygen atoms in total. The van der Waals surface area contributed by atoms with Crippen molar-refractivity contribution in [2.75, 3.05) is 0 Å². The van der Waals surface area contributed by atoms with E-state index in [2.05, 4.69) is 4.98 Å². The molecular weight excluding hydrogens is 440 g/mol. The first-order chi connectivity index (χ1) is 16.2. The minimum Gasteiger partial charge on any atom is -0.504 e. The molecule has 34 heavy (non-hydrogen) atoms. The van der Waals surface area contributed by atoms with E-state index in [0.717, 1.165) is 11.6 Å². The highest BCUT2D eigenvalue weighted by molar-refractivity contribution is 6.07. The standard InChI is InChI=1S/C25H22N2O7/c28-18-6-3-14(10-21(18)31)2-1-9-27-13-17(15-4-7-19(29)22(32)11-15)26-25(27)24(34)16-5-8-20(30)23(33)12-16/h3-8,10-13,28-33H,1-2,9H2. The summed E-state index contributed by atoms with van der Waals surface area (Å²) in [5.41, 5.74) is 1.81. The zero-order valence-corrected chi connectivity index (χ0v) is 17.9. The SMILES string of the molecule is O=C(c1ccc(O)c(O)c1)c1nc(-c2ccc(O)c(O)c2)cn1CCCc1ccc(O)c(O)c1. The van der Waals surface area contributed by atoms with E-state index < -0.39 is 11.5 Å². The Hall–Kier alpha value is -4.66. The number of benzene rings is 3. The van der Waals surface area contributed by atoms with Gasteiger partial charge in [0, 0.05) is 23.9 Å².